The predicted molar refractivity (Wildman–Crippen MR) is 115 cm³/mol. The number of rotatable bonds is 10. The van der Waals surface area contributed by atoms with E-state index in [1.54, 1.807) is 24.3 Å². The zero-order chi connectivity index (χ0) is 21.2. The fourth-order valence-electron chi connectivity index (χ4n) is 3.01. The van der Waals surface area contributed by atoms with Gasteiger partial charge in [0.25, 0.3) is 5.91 Å². The Morgan fingerprint density at radius 2 is 1.79 bits per heavy atom. The Kier molecular flexibility index (Phi) is 8.99. The zero-order valence-electron chi connectivity index (χ0n) is 16.9. The molecule has 0 fully saturated rings. The van der Waals surface area contributed by atoms with Crippen LogP contribution in [0.25, 0.3) is 10.9 Å². The Bertz CT molecular complexity index is 850. The summed E-state index contributed by atoms with van der Waals surface area (Å²) in [6.07, 6.45) is 5.65. The molecule has 1 atom stereocenters. The standard InChI is InChI=1S/C21H29ClN4O3/c1-3-4-5-6-7-14(2)23-19(27)10-11-20(28)25-26-21(29)18-13-15-12-16(22)8-9-17(15)24-18/h8-9,12-14,24H,3-7,10-11H2,1-2H3,(H,23,27)(H,25,28)(H,26,29)/t14-/m0/s1. The lowest BCUT2D eigenvalue weighted by Gasteiger charge is -2.13. The molecule has 4 N–H and O–H groups in total. The Morgan fingerprint density at radius 1 is 1.03 bits per heavy atom. The molecule has 8 heteroatoms. The lowest BCUT2D eigenvalue weighted by molar-refractivity contribution is -0.127. The highest BCUT2D eigenvalue weighted by Gasteiger charge is 2.13. The van der Waals surface area contributed by atoms with E-state index >= 15 is 0 Å². The largest absolute Gasteiger partial charge is 0.354 e. The molecule has 0 saturated heterocycles. The second kappa shape index (κ2) is 11.5. The minimum atomic E-state index is -0.476. The van der Waals surface area contributed by atoms with Crippen molar-refractivity contribution in [3.05, 3.63) is 35.0 Å². The van der Waals surface area contributed by atoms with E-state index in [1.807, 2.05) is 6.92 Å². The van der Waals surface area contributed by atoms with Gasteiger partial charge in [0, 0.05) is 34.8 Å². The van der Waals surface area contributed by atoms with Crippen LogP contribution in [-0.4, -0.2) is 28.7 Å². The van der Waals surface area contributed by atoms with Gasteiger partial charge in [-0.3, -0.25) is 25.2 Å². The lowest BCUT2D eigenvalue weighted by Crippen LogP contribution is -2.42. The van der Waals surface area contributed by atoms with Crippen molar-refractivity contribution in [1.82, 2.24) is 21.2 Å². The van der Waals surface area contributed by atoms with Gasteiger partial charge in [0.1, 0.15) is 5.69 Å². The SMILES string of the molecule is CCCCCC[C@H](C)NC(=O)CCC(=O)NNC(=O)c1cc2cc(Cl)ccc2[nH]1. The lowest BCUT2D eigenvalue weighted by atomic mass is 10.1. The maximum absolute atomic E-state index is 12.2. The van der Waals surface area contributed by atoms with Gasteiger partial charge in [-0.15, -0.1) is 0 Å². The highest BCUT2D eigenvalue weighted by atomic mass is 35.5. The molecule has 0 aliphatic rings. The van der Waals surface area contributed by atoms with Gasteiger partial charge in [-0.2, -0.15) is 0 Å². The third kappa shape index (κ3) is 7.77. The molecule has 0 spiro atoms. The van der Waals surface area contributed by atoms with Crippen molar-refractivity contribution in [3.63, 3.8) is 0 Å². The summed E-state index contributed by atoms with van der Waals surface area (Å²) < 4.78 is 0. The van der Waals surface area contributed by atoms with Crippen LogP contribution in [0.1, 0.15) is 69.3 Å². The van der Waals surface area contributed by atoms with E-state index < -0.39 is 11.8 Å². The first-order valence-electron chi connectivity index (χ1n) is 10.1. The van der Waals surface area contributed by atoms with Gasteiger partial charge >= 0.3 is 0 Å². The van der Waals surface area contributed by atoms with E-state index in [0.29, 0.717) is 10.7 Å². The number of halogens is 1. The third-order valence-corrected chi connectivity index (χ3v) is 4.86. The average Bonchev–Trinajstić information content (AvgIpc) is 3.11. The van der Waals surface area contributed by atoms with Crippen molar-refractivity contribution in [2.24, 2.45) is 0 Å². The Labute approximate surface area is 175 Å². The maximum Gasteiger partial charge on any atom is 0.286 e. The first-order valence-corrected chi connectivity index (χ1v) is 10.4. The monoisotopic (exact) mass is 420 g/mol. The number of hydrogen-bond donors (Lipinski definition) is 4. The number of H-pyrrole nitrogens is 1. The summed E-state index contributed by atoms with van der Waals surface area (Å²) in [5.41, 5.74) is 5.75. The number of unbranched alkanes of at least 4 members (excludes halogenated alkanes) is 3. The highest BCUT2D eigenvalue weighted by Crippen LogP contribution is 2.19. The molecule has 0 aliphatic heterocycles. The number of carbonyl (C=O) groups is 3. The van der Waals surface area contributed by atoms with Gasteiger partial charge in [-0.25, -0.2) is 0 Å². The third-order valence-electron chi connectivity index (χ3n) is 4.62. The van der Waals surface area contributed by atoms with Crippen molar-refractivity contribution in [2.45, 2.75) is 64.8 Å². The van der Waals surface area contributed by atoms with Gasteiger partial charge in [-0.05, 0) is 37.6 Å². The van der Waals surface area contributed by atoms with Gasteiger partial charge < -0.3 is 10.3 Å². The molecule has 0 saturated carbocycles. The summed E-state index contributed by atoms with van der Waals surface area (Å²) in [5.74, 6) is -1.07. The molecule has 0 bridgehead atoms. The molecule has 1 heterocycles. The minimum Gasteiger partial charge on any atom is -0.354 e. The number of nitrogens with one attached hydrogen (secondary N) is 4. The topological polar surface area (TPSA) is 103 Å². The molecule has 1 aromatic heterocycles. The van der Waals surface area contributed by atoms with E-state index in [9.17, 15) is 14.4 Å². The van der Waals surface area contributed by atoms with Gasteiger partial charge in [0.2, 0.25) is 11.8 Å². The smallest absolute Gasteiger partial charge is 0.286 e. The van der Waals surface area contributed by atoms with Crippen molar-refractivity contribution in [1.29, 1.82) is 0 Å². The maximum atomic E-state index is 12.2. The molecular weight excluding hydrogens is 392 g/mol. The number of amides is 3. The fraction of sp³-hybridized carbons (Fsp3) is 0.476. The number of hydrogen-bond acceptors (Lipinski definition) is 3. The Morgan fingerprint density at radius 3 is 2.55 bits per heavy atom. The van der Waals surface area contributed by atoms with Crippen LogP contribution in [0.2, 0.25) is 5.02 Å². The summed E-state index contributed by atoms with van der Waals surface area (Å²) in [6, 6.07) is 6.99. The molecule has 0 radical (unpaired) electrons. The second-order valence-electron chi connectivity index (χ2n) is 7.23. The van der Waals surface area contributed by atoms with E-state index in [-0.39, 0.29) is 24.8 Å². The minimum absolute atomic E-state index is 0.00300. The summed E-state index contributed by atoms with van der Waals surface area (Å²) in [4.78, 5) is 39.0. The average molecular weight is 421 g/mol. The molecule has 3 amide bonds. The van der Waals surface area contributed by atoms with Crippen molar-refractivity contribution >= 4 is 40.2 Å². The second-order valence-corrected chi connectivity index (χ2v) is 7.67. The van der Waals surface area contributed by atoms with Crippen LogP contribution in [0.4, 0.5) is 0 Å². The van der Waals surface area contributed by atoms with Crippen LogP contribution in [0.15, 0.2) is 24.3 Å². The number of aromatic amines is 1. The molecule has 0 aliphatic carbocycles. The molecule has 29 heavy (non-hydrogen) atoms. The number of hydrazine groups is 1. The molecule has 0 unspecified atom stereocenters. The molecule has 7 nitrogen and oxygen atoms in total. The van der Waals surface area contributed by atoms with Gasteiger partial charge in [0.15, 0.2) is 0 Å². The highest BCUT2D eigenvalue weighted by molar-refractivity contribution is 6.31. The van der Waals surface area contributed by atoms with Crippen molar-refractivity contribution < 1.29 is 14.4 Å². The Hall–Kier alpha value is -2.54. The molecule has 2 rings (SSSR count). The number of carbonyl (C=O) groups excluding carboxylic acids is 3. The summed E-state index contributed by atoms with van der Waals surface area (Å²) >= 11 is 5.94. The molecule has 1 aromatic carbocycles. The normalized spacial score (nSPS) is 11.8. The van der Waals surface area contributed by atoms with Gasteiger partial charge in [0.05, 0.1) is 0 Å². The van der Waals surface area contributed by atoms with Crippen LogP contribution in [0.5, 0.6) is 0 Å². The van der Waals surface area contributed by atoms with E-state index in [4.69, 9.17) is 11.6 Å². The molecule has 158 valence electrons. The van der Waals surface area contributed by atoms with Gasteiger partial charge in [-0.1, -0.05) is 44.2 Å². The van der Waals surface area contributed by atoms with Crippen LogP contribution >= 0.6 is 11.6 Å². The van der Waals surface area contributed by atoms with Crippen LogP contribution in [-0.2, 0) is 9.59 Å². The number of benzene rings is 1. The molecular formula is C21H29ClN4O3. The predicted octanol–water partition coefficient (Wildman–Crippen LogP) is 3.84. The van der Waals surface area contributed by atoms with Crippen LogP contribution < -0.4 is 16.2 Å². The van der Waals surface area contributed by atoms with E-state index in [2.05, 4.69) is 28.1 Å². The first kappa shape index (κ1) is 22.7. The summed E-state index contributed by atoms with van der Waals surface area (Å²) in [7, 11) is 0. The van der Waals surface area contributed by atoms with Crippen LogP contribution in [0.3, 0.4) is 0 Å². The molecule has 2 aromatic rings. The quantitative estimate of drug-likeness (QED) is 0.347. The first-order chi connectivity index (χ1) is 13.9. The van der Waals surface area contributed by atoms with Crippen LogP contribution in [0, 0.1) is 0 Å². The van der Waals surface area contributed by atoms with Crippen molar-refractivity contribution in [3.8, 4) is 0 Å². The van der Waals surface area contributed by atoms with Crippen molar-refractivity contribution in [2.75, 3.05) is 0 Å². The van der Waals surface area contributed by atoms with E-state index in [1.165, 1.54) is 19.3 Å². The number of aromatic nitrogens is 1. The summed E-state index contributed by atoms with van der Waals surface area (Å²) in [6.45, 7) is 4.13. The summed E-state index contributed by atoms with van der Waals surface area (Å²) in [5, 5.41) is 4.28. The number of fused-ring (bicyclic) bond motifs is 1. The fourth-order valence-corrected chi connectivity index (χ4v) is 3.19. The van der Waals surface area contributed by atoms with E-state index in [0.717, 1.165) is 23.7 Å². The Balaban J connectivity index is 1.68. The zero-order valence-corrected chi connectivity index (χ0v) is 17.7.